The summed E-state index contributed by atoms with van der Waals surface area (Å²) in [4.78, 5) is 28.7. The van der Waals surface area contributed by atoms with Crippen LogP contribution in [0.2, 0.25) is 0 Å². The molecule has 0 aliphatic carbocycles. The molecule has 1 heterocycles. The summed E-state index contributed by atoms with van der Waals surface area (Å²) in [5.74, 6) is 0.498. The van der Waals surface area contributed by atoms with E-state index in [0.29, 0.717) is 25.3 Å². The molecule has 0 radical (unpaired) electrons. The fraction of sp³-hybridized carbons (Fsp3) is 0.440. The van der Waals surface area contributed by atoms with Gasteiger partial charge in [-0.15, -0.1) is 0 Å². The number of rotatable bonds is 9. The molecule has 0 aromatic heterocycles. The highest BCUT2D eigenvalue weighted by molar-refractivity contribution is 5.78. The third-order valence-electron chi connectivity index (χ3n) is 6.06. The Morgan fingerprint density at radius 3 is 2.34 bits per heavy atom. The second-order valence-corrected chi connectivity index (χ2v) is 8.16. The van der Waals surface area contributed by atoms with Gasteiger partial charge in [-0.2, -0.15) is 0 Å². The lowest BCUT2D eigenvalue weighted by molar-refractivity contribution is -0.139. The lowest BCUT2D eigenvalue weighted by Gasteiger charge is -2.40. The van der Waals surface area contributed by atoms with E-state index < -0.39 is 0 Å². The van der Waals surface area contributed by atoms with E-state index in [1.54, 1.807) is 24.1 Å². The van der Waals surface area contributed by atoms with Crippen molar-refractivity contribution in [3.05, 3.63) is 66.0 Å². The standard InChI is InChI=1S/C25H31FN2O4/c1-27(24(29)17-31-2)23(16-19-8-10-21(26)11-9-19)20-12-14-28(15-13-20)25(30)18-32-22-6-4-3-5-7-22/h3-11,20,23H,12-18H2,1-2H3/t23-/m0/s1. The minimum atomic E-state index is -0.279. The first-order chi connectivity index (χ1) is 15.5. The fourth-order valence-corrected chi connectivity index (χ4v) is 4.18. The zero-order valence-electron chi connectivity index (χ0n) is 18.7. The van der Waals surface area contributed by atoms with Crippen molar-refractivity contribution in [3.8, 4) is 5.75 Å². The second-order valence-electron chi connectivity index (χ2n) is 8.16. The minimum Gasteiger partial charge on any atom is -0.484 e. The highest BCUT2D eigenvalue weighted by Gasteiger charge is 2.32. The molecule has 0 spiro atoms. The van der Waals surface area contributed by atoms with Crippen molar-refractivity contribution in [1.29, 1.82) is 0 Å². The first kappa shape index (κ1) is 23.7. The summed E-state index contributed by atoms with van der Waals surface area (Å²) in [7, 11) is 3.29. The van der Waals surface area contributed by atoms with Crippen LogP contribution in [0.25, 0.3) is 0 Å². The molecule has 1 atom stereocenters. The van der Waals surface area contributed by atoms with E-state index >= 15 is 0 Å². The molecule has 1 saturated heterocycles. The van der Waals surface area contributed by atoms with E-state index in [1.165, 1.54) is 19.2 Å². The SMILES string of the molecule is COCC(=O)N(C)[C@@H](Cc1ccc(F)cc1)C1CCN(C(=O)COc2ccccc2)CC1. The van der Waals surface area contributed by atoms with Crippen LogP contribution < -0.4 is 4.74 Å². The zero-order chi connectivity index (χ0) is 22.9. The third kappa shape index (κ3) is 6.53. The molecule has 1 fully saturated rings. The molecule has 0 unspecified atom stereocenters. The Morgan fingerprint density at radius 2 is 1.72 bits per heavy atom. The van der Waals surface area contributed by atoms with E-state index in [2.05, 4.69) is 0 Å². The van der Waals surface area contributed by atoms with Crippen LogP contribution >= 0.6 is 0 Å². The molecule has 0 saturated carbocycles. The highest BCUT2D eigenvalue weighted by Crippen LogP contribution is 2.27. The van der Waals surface area contributed by atoms with Gasteiger partial charge in [-0.1, -0.05) is 30.3 Å². The summed E-state index contributed by atoms with van der Waals surface area (Å²) < 4.78 is 24.0. The minimum absolute atomic E-state index is 0.0138. The molecule has 1 aliphatic heterocycles. The Labute approximate surface area is 188 Å². The Morgan fingerprint density at radius 1 is 1.06 bits per heavy atom. The smallest absolute Gasteiger partial charge is 0.260 e. The molecule has 3 rings (SSSR count). The summed E-state index contributed by atoms with van der Waals surface area (Å²) in [6.45, 7) is 1.27. The van der Waals surface area contributed by atoms with Gasteiger partial charge in [0.2, 0.25) is 5.91 Å². The number of nitrogens with zero attached hydrogens (tertiary/aromatic N) is 2. The molecule has 2 aromatic carbocycles. The van der Waals surface area contributed by atoms with Crippen molar-refractivity contribution < 1.29 is 23.5 Å². The van der Waals surface area contributed by atoms with E-state index in [1.807, 2.05) is 35.2 Å². The zero-order valence-corrected chi connectivity index (χ0v) is 18.7. The number of benzene rings is 2. The summed E-state index contributed by atoms with van der Waals surface area (Å²) in [6.07, 6.45) is 2.20. The van der Waals surface area contributed by atoms with Gasteiger partial charge < -0.3 is 19.3 Å². The molecule has 2 aromatic rings. The molecule has 2 amide bonds. The normalized spacial score (nSPS) is 15.3. The maximum Gasteiger partial charge on any atom is 0.260 e. The monoisotopic (exact) mass is 442 g/mol. The number of carbonyl (C=O) groups excluding carboxylic acids is 2. The number of carbonyl (C=O) groups is 2. The number of para-hydroxylation sites is 1. The van der Waals surface area contributed by atoms with Crippen molar-refractivity contribution in [2.45, 2.75) is 25.3 Å². The van der Waals surface area contributed by atoms with E-state index in [-0.39, 0.29) is 42.8 Å². The van der Waals surface area contributed by atoms with Crippen LogP contribution in [0.5, 0.6) is 5.75 Å². The quantitative estimate of drug-likeness (QED) is 0.599. The second kappa shape index (κ2) is 11.6. The summed E-state index contributed by atoms with van der Waals surface area (Å²) in [5.41, 5.74) is 0.975. The van der Waals surface area contributed by atoms with Gasteiger partial charge in [-0.3, -0.25) is 9.59 Å². The largest absolute Gasteiger partial charge is 0.484 e. The Balaban J connectivity index is 1.60. The Hall–Kier alpha value is -2.93. The van der Waals surface area contributed by atoms with Gasteiger partial charge in [-0.25, -0.2) is 4.39 Å². The fourth-order valence-electron chi connectivity index (χ4n) is 4.18. The van der Waals surface area contributed by atoms with Gasteiger partial charge in [0, 0.05) is 33.3 Å². The number of likely N-dealkylation sites (tertiary alicyclic amines) is 1. The van der Waals surface area contributed by atoms with Crippen molar-refractivity contribution in [2.75, 3.05) is 40.5 Å². The van der Waals surface area contributed by atoms with Crippen LogP contribution in [0, 0.1) is 11.7 Å². The van der Waals surface area contributed by atoms with E-state index in [9.17, 15) is 14.0 Å². The van der Waals surface area contributed by atoms with Gasteiger partial charge >= 0.3 is 0 Å². The van der Waals surface area contributed by atoms with Crippen LogP contribution in [0.15, 0.2) is 54.6 Å². The number of ether oxygens (including phenoxy) is 2. The first-order valence-corrected chi connectivity index (χ1v) is 10.9. The van der Waals surface area contributed by atoms with Gasteiger partial charge in [0.1, 0.15) is 18.2 Å². The van der Waals surface area contributed by atoms with Gasteiger partial charge in [-0.05, 0) is 55.0 Å². The predicted octanol–water partition coefficient (Wildman–Crippen LogP) is 3.16. The van der Waals surface area contributed by atoms with Crippen molar-refractivity contribution in [1.82, 2.24) is 9.80 Å². The summed E-state index contributed by atoms with van der Waals surface area (Å²) in [6, 6.07) is 15.6. The number of hydrogen-bond donors (Lipinski definition) is 0. The number of methoxy groups -OCH3 is 1. The van der Waals surface area contributed by atoms with Crippen LogP contribution in [-0.2, 0) is 20.7 Å². The molecule has 7 heteroatoms. The molecule has 6 nitrogen and oxygen atoms in total. The Bertz CT molecular complexity index is 867. The topological polar surface area (TPSA) is 59.1 Å². The molecule has 0 N–H and O–H groups in total. The first-order valence-electron chi connectivity index (χ1n) is 10.9. The van der Waals surface area contributed by atoms with Gasteiger partial charge in [0.05, 0.1) is 0 Å². The van der Waals surface area contributed by atoms with Crippen molar-refractivity contribution >= 4 is 11.8 Å². The molecule has 0 bridgehead atoms. The molecule has 172 valence electrons. The van der Waals surface area contributed by atoms with Crippen molar-refractivity contribution in [2.24, 2.45) is 5.92 Å². The molecular formula is C25H31FN2O4. The average Bonchev–Trinajstić information content (AvgIpc) is 2.82. The highest BCUT2D eigenvalue weighted by atomic mass is 19.1. The Kier molecular flexibility index (Phi) is 8.62. The molecule has 1 aliphatic rings. The van der Waals surface area contributed by atoms with Crippen LogP contribution in [0.3, 0.4) is 0 Å². The lowest BCUT2D eigenvalue weighted by atomic mass is 9.85. The number of halogens is 1. The van der Waals surface area contributed by atoms with Crippen LogP contribution in [0.1, 0.15) is 18.4 Å². The number of piperidine rings is 1. The maximum atomic E-state index is 13.3. The summed E-state index contributed by atoms with van der Waals surface area (Å²) >= 11 is 0. The molecular weight excluding hydrogens is 411 g/mol. The molecule has 32 heavy (non-hydrogen) atoms. The predicted molar refractivity (Wildman–Crippen MR) is 120 cm³/mol. The third-order valence-corrected chi connectivity index (χ3v) is 6.06. The van der Waals surface area contributed by atoms with E-state index in [4.69, 9.17) is 9.47 Å². The lowest BCUT2D eigenvalue weighted by Crippen LogP contribution is -2.49. The van der Waals surface area contributed by atoms with Crippen LogP contribution in [0.4, 0.5) is 4.39 Å². The number of likely N-dealkylation sites (N-methyl/N-ethyl adjacent to an activating group) is 1. The van der Waals surface area contributed by atoms with Gasteiger partial charge in [0.15, 0.2) is 6.61 Å². The van der Waals surface area contributed by atoms with E-state index in [0.717, 1.165) is 18.4 Å². The number of hydrogen-bond acceptors (Lipinski definition) is 4. The number of amides is 2. The average molecular weight is 443 g/mol. The van der Waals surface area contributed by atoms with Gasteiger partial charge in [0.25, 0.3) is 5.91 Å². The van der Waals surface area contributed by atoms with Crippen molar-refractivity contribution in [3.63, 3.8) is 0 Å². The summed E-state index contributed by atoms with van der Waals surface area (Å²) in [5, 5.41) is 0. The maximum absolute atomic E-state index is 13.3. The van der Waals surface area contributed by atoms with Crippen LogP contribution in [-0.4, -0.2) is 68.1 Å².